The highest BCUT2D eigenvalue weighted by molar-refractivity contribution is 5.83. The molecule has 4 heterocycles. The maximum atomic E-state index is 14.4. The molecule has 4 N–H and O–H groups in total. The number of aliphatic hydroxyl groups excluding tert-OH is 3. The summed E-state index contributed by atoms with van der Waals surface area (Å²) < 4.78 is 46.4. The van der Waals surface area contributed by atoms with E-state index in [1.54, 1.807) is 65.2 Å². The third-order valence-corrected chi connectivity index (χ3v) is 15.7. The number of carbonyl (C=O) groups excluding carboxylic acids is 2. The molecule has 3 saturated heterocycles. The molecule has 3 aliphatic rings. The van der Waals surface area contributed by atoms with Gasteiger partial charge in [-0.15, -0.1) is 0 Å². The first-order chi connectivity index (χ1) is 33.3. The van der Waals surface area contributed by atoms with Crippen LogP contribution < -0.4 is 5.56 Å². The predicted molar refractivity (Wildman–Crippen MR) is 267 cm³/mol. The first-order valence-electron chi connectivity index (χ1n) is 25.5. The van der Waals surface area contributed by atoms with Gasteiger partial charge in [0.05, 0.1) is 47.6 Å². The number of methoxy groups -OCH3 is 2. The molecule has 16 nitrogen and oxygen atoms in total. The van der Waals surface area contributed by atoms with Gasteiger partial charge in [0.1, 0.15) is 29.7 Å². The number of cyclic esters (lactones) is 1. The average Bonchev–Trinajstić information content (AvgIpc) is 3.34. The number of carbonyl (C=O) groups is 2. The van der Waals surface area contributed by atoms with Crippen LogP contribution >= 0.6 is 0 Å². The largest absolute Gasteiger partial charge is 0.459 e. The lowest BCUT2D eigenvalue weighted by Crippen LogP contribution is -2.61. The Labute approximate surface area is 421 Å². The van der Waals surface area contributed by atoms with Crippen LogP contribution in [0.2, 0.25) is 0 Å². The lowest BCUT2D eigenvalue weighted by molar-refractivity contribution is -0.319. The maximum Gasteiger partial charge on any atom is 0.311 e. The standard InChI is InChI=1S/C55H84N2O14/c1-15-42-55(11,64)48(61)35(5)45(59)33(3)29-54(10,66-14)50(36(6)47(37(7)51(63)69-42)70-44-30-53(9,65-13)49(62)38(8)68-44)71-52-46(60)41(28-34(4)67-52)56(12)27-19-17-16-18-20-39-22-24-40(25-23-39)57-31-32(2)21-26-43(57)58/h21-26,31,33-38,41-42,44,46-50,52,60-62,64H,15-17,19,27-30H2,1-14H3/t33-,34-,35+,36+,37-,38+,41+,42?,44?,46-,47-,48-,49+,50-,52?,53-,54+,55-/m1/s1. The van der Waals surface area contributed by atoms with Gasteiger partial charge in [0, 0.05) is 74.4 Å². The van der Waals surface area contributed by atoms with Gasteiger partial charge in [-0.25, -0.2) is 0 Å². The van der Waals surface area contributed by atoms with Gasteiger partial charge in [-0.05, 0) is 124 Å². The number of aliphatic hydroxyl groups is 4. The van der Waals surface area contributed by atoms with Crippen LogP contribution in [-0.4, -0.2) is 154 Å². The molecule has 0 amide bonds. The molecule has 16 heteroatoms. The molecule has 3 fully saturated rings. The molecule has 0 aliphatic carbocycles. The number of hydrogen-bond acceptors (Lipinski definition) is 15. The highest BCUT2D eigenvalue weighted by Crippen LogP contribution is 2.42. The molecule has 18 atom stereocenters. The summed E-state index contributed by atoms with van der Waals surface area (Å²) in [5, 5.41) is 46.7. The zero-order valence-electron chi connectivity index (χ0n) is 44.6. The second-order valence-electron chi connectivity index (χ2n) is 21.4. The van der Waals surface area contributed by atoms with E-state index >= 15 is 0 Å². The number of Topliss-reactive ketones (excluding diaryl/α,β-unsaturated/α-hetero) is 1. The van der Waals surface area contributed by atoms with Gasteiger partial charge in [-0.3, -0.25) is 19.0 Å². The van der Waals surface area contributed by atoms with Crippen LogP contribution in [0.1, 0.15) is 125 Å². The lowest BCUT2D eigenvalue weighted by atomic mass is 9.74. The third kappa shape index (κ3) is 13.6. The quantitative estimate of drug-likeness (QED) is 0.111. The second-order valence-corrected chi connectivity index (χ2v) is 21.4. The normalized spacial score (nSPS) is 38.8. The number of aromatic nitrogens is 1. The van der Waals surface area contributed by atoms with Gasteiger partial charge < -0.3 is 58.5 Å². The fraction of sp³-hybridized carbons (Fsp3) is 0.727. The minimum absolute atomic E-state index is 0.0782. The zero-order valence-corrected chi connectivity index (χ0v) is 44.6. The van der Waals surface area contributed by atoms with Crippen molar-refractivity contribution in [3.8, 4) is 17.5 Å². The summed E-state index contributed by atoms with van der Waals surface area (Å²) in [7, 11) is 4.98. The topological polar surface area (TPSA) is 205 Å². The zero-order chi connectivity index (χ0) is 52.7. The molecule has 1 aromatic carbocycles. The Morgan fingerprint density at radius 2 is 1.51 bits per heavy atom. The summed E-state index contributed by atoms with van der Waals surface area (Å²) in [6.45, 7) is 19.7. The van der Waals surface area contributed by atoms with Crippen molar-refractivity contribution in [3.63, 3.8) is 0 Å². The highest BCUT2D eigenvalue weighted by atomic mass is 16.7. The van der Waals surface area contributed by atoms with E-state index in [1.807, 2.05) is 58.3 Å². The Morgan fingerprint density at radius 1 is 0.845 bits per heavy atom. The van der Waals surface area contributed by atoms with Crippen molar-refractivity contribution < 1.29 is 63.2 Å². The number of likely N-dealkylation sites (N-methyl/N-ethyl adjacent to an activating group) is 1. The molecule has 0 saturated carbocycles. The van der Waals surface area contributed by atoms with Gasteiger partial charge in [0.15, 0.2) is 12.6 Å². The predicted octanol–water partition coefficient (Wildman–Crippen LogP) is 5.49. The Morgan fingerprint density at radius 3 is 2.14 bits per heavy atom. The van der Waals surface area contributed by atoms with E-state index in [1.165, 1.54) is 21.1 Å². The molecule has 1 aromatic heterocycles. The number of ketones is 1. The number of ether oxygens (including phenoxy) is 7. The number of pyridine rings is 1. The number of unbranched alkanes of at least 4 members (excludes halogenated alkanes) is 2. The SMILES string of the molecule is CCC1OC(=O)[C@H](C)[C@H](OC2C[C@@](C)(OC)[C@@H](O)[C@H](C)O2)[C@H](C)[C@@H](OC2O[C@H](C)C[C@H](N(C)CCCCC#Cc3ccc(-n4cc(C)ccc4=O)cc3)[C@H]2O)[C@@](C)(OC)C[C@@H](C)C(=O)[C@H](C)[C@@H](O)[C@]1(C)O. The monoisotopic (exact) mass is 997 g/mol. The lowest BCUT2D eigenvalue weighted by Gasteiger charge is -2.50. The molecule has 71 heavy (non-hydrogen) atoms. The van der Waals surface area contributed by atoms with Crippen molar-refractivity contribution in [3.05, 3.63) is 64.1 Å². The van der Waals surface area contributed by atoms with E-state index in [9.17, 15) is 34.8 Å². The average molecular weight is 997 g/mol. The summed E-state index contributed by atoms with van der Waals surface area (Å²) in [5.41, 5.74) is -1.84. The fourth-order valence-corrected chi connectivity index (χ4v) is 10.9. The van der Waals surface area contributed by atoms with Crippen LogP contribution in [0.4, 0.5) is 0 Å². The van der Waals surface area contributed by atoms with Gasteiger partial charge in [0.2, 0.25) is 0 Å². The minimum Gasteiger partial charge on any atom is -0.459 e. The summed E-state index contributed by atoms with van der Waals surface area (Å²) in [4.78, 5) is 43.2. The Hall–Kier alpha value is -3.57. The van der Waals surface area contributed by atoms with Crippen LogP contribution in [-0.2, 0) is 42.7 Å². The van der Waals surface area contributed by atoms with E-state index in [-0.39, 0.29) is 42.8 Å². The molecule has 398 valence electrons. The molecular weight excluding hydrogens is 913 g/mol. The van der Waals surface area contributed by atoms with E-state index in [2.05, 4.69) is 16.7 Å². The van der Waals surface area contributed by atoms with Crippen LogP contribution in [0.3, 0.4) is 0 Å². The van der Waals surface area contributed by atoms with Gasteiger partial charge in [0.25, 0.3) is 5.56 Å². The molecule has 0 bridgehead atoms. The molecule has 0 spiro atoms. The number of esters is 1. The van der Waals surface area contributed by atoms with Crippen molar-refractivity contribution in [2.24, 2.45) is 23.7 Å². The Kier molecular flexibility index (Phi) is 20.2. The van der Waals surface area contributed by atoms with Crippen LogP contribution in [0.15, 0.2) is 47.4 Å². The van der Waals surface area contributed by atoms with Crippen molar-refractivity contribution in [1.29, 1.82) is 0 Å². The van der Waals surface area contributed by atoms with Crippen LogP contribution in [0.5, 0.6) is 0 Å². The van der Waals surface area contributed by atoms with Crippen LogP contribution in [0, 0.1) is 42.4 Å². The Balaban J connectivity index is 1.40. The Bertz CT molecular complexity index is 2190. The third-order valence-electron chi connectivity index (χ3n) is 15.7. The van der Waals surface area contributed by atoms with Crippen LogP contribution in [0.25, 0.3) is 5.69 Å². The van der Waals surface area contributed by atoms with Crippen molar-refractivity contribution in [2.75, 3.05) is 27.8 Å². The minimum atomic E-state index is -2.00. The second kappa shape index (κ2) is 24.6. The first-order valence-corrected chi connectivity index (χ1v) is 25.5. The molecule has 3 unspecified atom stereocenters. The number of benzene rings is 1. The highest BCUT2D eigenvalue weighted by Gasteiger charge is 2.54. The molecule has 2 aromatic rings. The number of nitrogens with zero attached hydrogens (tertiary/aromatic N) is 2. The van der Waals surface area contributed by atoms with Crippen molar-refractivity contribution in [1.82, 2.24) is 9.47 Å². The maximum absolute atomic E-state index is 14.4. The number of rotatable bonds is 13. The molecule has 0 radical (unpaired) electrons. The summed E-state index contributed by atoms with van der Waals surface area (Å²) in [6, 6.07) is 10.6. The van der Waals surface area contributed by atoms with Crippen molar-refractivity contribution >= 4 is 11.8 Å². The molecular formula is C55H84N2O14. The van der Waals surface area contributed by atoms with E-state index in [4.69, 9.17) is 33.2 Å². The number of aryl methyl sites for hydroxylation is 1. The van der Waals surface area contributed by atoms with E-state index < -0.39 is 102 Å². The fourth-order valence-electron chi connectivity index (χ4n) is 10.9. The summed E-state index contributed by atoms with van der Waals surface area (Å²) >= 11 is 0. The summed E-state index contributed by atoms with van der Waals surface area (Å²) in [6.07, 6.45) is -5.22. The van der Waals surface area contributed by atoms with Gasteiger partial charge in [-0.2, -0.15) is 0 Å². The van der Waals surface area contributed by atoms with E-state index in [0.29, 0.717) is 19.4 Å². The number of hydrogen-bond donors (Lipinski definition) is 4. The smallest absolute Gasteiger partial charge is 0.311 e. The first kappa shape index (κ1) is 58.3. The van der Waals surface area contributed by atoms with Gasteiger partial charge >= 0.3 is 5.97 Å². The van der Waals surface area contributed by atoms with Gasteiger partial charge in [-0.1, -0.05) is 45.6 Å². The van der Waals surface area contributed by atoms with E-state index in [0.717, 1.165) is 29.7 Å². The van der Waals surface area contributed by atoms with Crippen molar-refractivity contribution in [2.45, 2.75) is 205 Å². The summed E-state index contributed by atoms with van der Waals surface area (Å²) in [5.74, 6) is 1.83. The molecule has 5 rings (SSSR count). The molecule has 3 aliphatic heterocycles.